The zero-order chi connectivity index (χ0) is 21.1. The number of halogens is 1. The number of aromatic nitrogens is 3. The first-order valence-electron chi connectivity index (χ1n) is 9.54. The Bertz CT molecular complexity index is 1010. The SMILES string of the molecule is CCn1c(SC(C)C(=O)Nc2c(C)cc(C)cc2C)nnc1-c1ccc(Cl)cc1. The van der Waals surface area contributed by atoms with Gasteiger partial charge in [0.1, 0.15) is 0 Å². The minimum atomic E-state index is -0.317. The van der Waals surface area contributed by atoms with E-state index in [0.29, 0.717) is 11.6 Å². The number of benzene rings is 2. The number of nitrogens with zero attached hydrogens (tertiary/aromatic N) is 3. The lowest BCUT2D eigenvalue weighted by Crippen LogP contribution is -2.24. The average Bonchev–Trinajstić information content (AvgIpc) is 3.07. The van der Waals surface area contributed by atoms with E-state index in [1.54, 1.807) is 0 Å². The summed E-state index contributed by atoms with van der Waals surface area (Å²) >= 11 is 7.39. The predicted molar refractivity (Wildman–Crippen MR) is 121 cm³/mol. The van der Waals surface area contributed by atoms with E-state index < -0.39 is 0 Å². The number of hydrogen-bond acceptors (Lipinski definition) is 4. The highest BCUT2D eigenvalue weighted by atomic mass is 35.5. The van der Waals surface area contributed by atoms with Gasteiger partial charge in [-0.25, -0.2) is 0 Å². The lowest BCUT2D eigenvalue weighted by molar-refractivity contribution is -0.115. The molecular formula is C22H25ClN4OS. The molecule has 3 rings (SSSR count). The zero-order valence-electron chi connectivity index (χ0n) is 17.3. The maximum absolute atomic E-state index is 12.8. The quantitative estimate of drug-likeness (QED) is 0.514. The van der Waals surface area contributed by atoms with Gasteiger partial charge in [0, 0.05) is 22.8 Å². The number of thioether (sulfide) groups is 1. The summed E-state index contributed by atoms with van der Waals surface area (Å²) in [5, 5.41) is 12.8. The third-order valence-electron chi connectivity index (χ3n) is 4.71. The lowest BCUT2D eigenvalue weighted by Gasteiger charge is -2.16. The molecule has 0 radical (unpaired) electrons. The molecule has 152 valence electrons. The summed E-state index contributed by atoms with van der Waals surface area (Å²) in [5.74, 6) is 0.716. The molecule has 1 unspecified atom stereocenters. The van der Waals surface area contributed by atoms with Gasteiger partial charge in [-0.1, -0.05) is 41.1 Å². The number of carbonyl (C=O) groups excluding carboxylic acids is 1. The third kappa shape index (κ3) is 4.82. The molecule has 0 aliphatic carbocycles. The van der Waals surface area contributed by atoms with Crippen LogP contribution in [0.1, 0.15) is 30.5 Å². The zero-order valence-corrected chi connectivity index (χ0v) is 18.9. The fraction of sp³-hybridized carbons (Fsp3) is 0.318. The van der Waals surface area contributed by atoms with Crippen LogP contribution < -0.4 is 5.32 Å². The Balaban J connectivity index is 1.78. The molecule has 7 heteroatoms. The Labute approximate surface area is 180 Å². The van der Waals surface area contributed by atoms with E-state index in [2.05, 4.69) is 34.6 Å². The third-order valence-corrected chi connectivity index (χ3v) is 6.04. The summed E-state index contributed by atoms with van der Waals surface area (Å²) in [7, 11) is 0. The van der Waals surface area contributed by atoms with Crippen LogP contribution in [-0.4, -0.2) is 25.9 Å². The lowest BCUT2D eigenvalue weighted by atomic mass is 10.1. The second kappa shape index (κ2) is 9.01. The molecule has 29 heavy (non-hydrogen) atoms. The van der Waals surface area contributed by atoms with Crippen molar-refractivity contribution >= 4 is 35.0 Å². The smallest absolute Gasteiger partial charge is 0.237 e. The van der Waals surface area contributed by atoms with E-state index >= 15 is 0 Å². The highest BCUT2D eigenvalue weighted by molar-refractivity contribution is 8.00. The second-order valence-corrected chi connectivity index (χ2v) is 8.82. The van der Waals surface area contributed by atoms with Crippen molar-refractivity contribution in [3.63, 3.8) is 0 Å². The van der Waals surface area contributed by atoms with E-state index in [0.717, 1.165) is 33.4 Å². The molecule has 0 spiro atoms. The summed E-state index contributed by atoms with van der Waals surface area (Å²) < 4.78 is 2.01. The van der Waals surface area contributed by atoms with Crippen LogP contribution in [0.3, 0.4) is 0 Å². The van der Waals surface area contributed by atoms with E-state index in [1.165, 1.54) is 17.3 Å². The van der Waals surface area contributed by atoms with E-state index in [-0.39, 0.29) is 11.2 Å². The number of nitrogens with one attached hydrogen (secondary N) is 1. The first kappa shape index (κ1) is 21.4. The number of hydrogen-bond donors (Lipinski definition) is 1. The first-order valence-corrected chi connectivity index (χ1v) is 10.8. The number of anilines is 1. The summed E-state index contributed by atoms with van der Waals surface area (Å²) in [6.07, 6.45) is 0. The Morgan fingerprint density at radius 2 is 1.76 bits per heavy atom. The van der Waals surface area contributed by atoms with Gasteiger partial charge in [0.15, 0.2) is 11.0 Å². The molecule has 2 aromatic carbocycles. The molecule has 1 amide bonds. The molecule has 1 heterocycles. The van der Waals surface area contributed by atoms with Gasteiger partial charge in [0.05, 0.1) is 5.25 Å². The van der Waals surface area contributed by atoms with Gasteiger partial charge in [-0.2, -0.15) is 0 Å². The molecule has 0 saturated heterocycles. The Hall–Kier alpha value is -2.31. The summed E-state index contributed by atoms with van der Waals surface area (Å²) in [6.45, 7) is 10.7. The Morgan fingerprint density at radius 3 is 2.34 bits per heavy atom. The molecule has 0 aliphatic heterocycles. The van der Waals surface area contributed by atoms with Crippen LogP contribution in [-0.2, 0) is 11.3 Å². The van der Waals surface area contributed by atoms with Gasteiger partial charge < -0.3 is 9.88 Å². The van der Waals surface area contributed by atoms with E-state index in [1.807, 2.05) is 56.5 Å². The fourth-order valence-corrected chi connectivity index (χ4v) is 4.33. The average molecular weight is 429 g/mol. The predicted octanol–water partition coefficient (Wildman–Crippen LogP) is 5.66. The van der Waals surface area contributed by atoms with Gasteiger partial charge in [-0.15, -0.1) is 10.2 Å². The summed E-state index contributed by atoms with van der Waals surface area (Å²) in [6, 6.07) is 11.7. The largest absolute Gasteiger partial charge is 0.325 e. The van der Waals surface area contributed by atoms with Crippen molar-refractivity contribution in [3.05, 3.63) is 58.1 Å². The highest BCUT2D eigenvalue weighted by Crippen LogP contribution is 2.29. The van der Waals surface area contributed by atoms with Crippen molar-refractivity contribution < 1.29 is 4.79 Å². The molecule has 3 aromatic rings. The van der Waals surface area contributed by atoms with Gasteiger partial charge in [-0.05, 0) is 70.0 Å². The Kier molecular flexibility index (Phi) is 6.65. The topological polar surface area (TPSA) is 59.8 Å². The monoisotopic (exact) mass is 428 g/mol. The van der Waals surface area contributed by atoms with Crippen molar-refractivity contribution in [3.8, 4) is 11.4 Å². The van der Waals surface area contributed by atoms with E-state index in [4.69, 9.17) is 11.6 Å². The van der Waals surface area contributed by atoms with Gasteiger partial charge >= 0.3 is 0 Å². The van der Waals surface area contributed by atoms with Crippen LogP contribution in [0.5, 0.6) is 0 Å². The Morgan fingerprint density at radius 1 is 1.14 bits per heavy atom. The van der Waals surface area contributed by atoms with Crippen LogP contribution in [0, 0.1) is 20.8 Å². The molecule has 0 aliphatic rings. The van der Waals surface area contributed by atoms with E-state index in [9.17, 15) is 4.79 Å². The number of aryl methyl sites for hydroxylation is 3. The number of carbonyl (C=O) groups is 1. The van der Waals surface area contributed by atoms with Gasteiger partial charge in [0.25, 0.3) is 0 Å². The van der Waals surface area contributed by atoms with Crippen LogP contribution in [0.2, 0.25) is 5.02 Å². The molecule has 0 bridgehead atoms. The maximum Gasteiger partial charge on any atom is 0.237 e. The van der Waals surface area contributed by atoms with Crippen molar-refractivity contribution in [1.29, 1.82) is 0 Å². The molecule has 1 atom stereocenters. The molecule has 1 N–H and O–H groups in total. The molecule has 0 fully saturated rings. The second-order valence-electron chi connectivity index (χ2n) is 7.08. The highest BCUT2D eigenvalue weighted by Gasteiger charge is 2.21. The van der Waals surface area contributed by atoms with Crippen molar-refractivity contribution in [2.45, 2.75) is 51.6 Å². The maximum atomic E-state index is 12.8. The first-order chi connectivity index (χ1) is 13.8. The molecular weight excluding hydrogens is 404 g/mol. The van der Waals surface area contributed by atoms with Crippen molar-refractivity contribution in [1.82, 2.24) is 14.8 Å². The number of amides is 1. The number of rotatable bonds is 6. The fourth-order valence-electron chi connectivity index (χ4n) is 3.29. The van der Waals surface area contributed by atoms with Gasteiger partial charge in [-0.3, -0.25) is 4.79 Å². The molecule has 5 nitrogen and oxygen atoms in total. The molecule has 0 saturated carbocycles. The minimum Gasteiger partial charge on any atom is -0.325 e. The standard InChI is InChI=1S/C22H25ClN4OS/c1-6-27-20(17-7-9-18(23)10-8-17)25-26-22(27)29-16(5)21(28)24-19-14(3)11-13(2)12-15(19)4/h7-12,16H,6H2,1-5H3,(H,24,28). The molecule has 1 aromatic heterocycles. The van der Waals surface area contributed by atoms with Crippen LogP contribution in [0.15, 0.2) is 41.6 Å². The normalized spacial score (nSPS) is 12.1. The van der Waals surface area contributed by atoms with Crippen LogP contribution >= 0.6 is 23.4 Å². The van der Waals surface area contributed by atoms with Crippen LogP contribution in [0.25, 0.3) is 11.4 Å². The van der Waals surface area contributed by atoms with Crippen LogP contribution in [0.4, 0.5) is 5.69 Å². The van der Waals surface area contributed by atoms with Crippen molar-refractivity contribution in [2.75, 3.05) is 5.32 Å². The van der Waals surface area contributed by atoms with Crippen molar-refractivity contribution in [2.24, 2.45) is 0 Å². The van der Waals surface area contributed by atoms with Gasteiger partial charge in [0.2, 0.25) is 5.91 Å². The summed E-state index contributed by atoms with van der Waals surface area (Å²) in [4.78, 5) is 12.8. The summed E-state index contributed by atoms with van der Waals surface area (Å²) in [5.41, 5.74) is 5.14. The minimum absolute atomic E-state index is 0.0521.